The van der Waals surface area contributed by atoms with Crippen LogP contribution >= 0.6 is 0 Å². The molecule has 1 heterocycles. The van der Waals surface area contributed by atoms with Crippen LogP contribution < -0.4 is 14.8 Å². The van der Waals surface area contributed by atoms with Crippen LogP contribution in [0.5, 0.6) is 11.8 Å². The predicted octanol–water partition coefficient (Wildman–Crippen LogP) is 2.41. The highest BCUT2D eigenvalue weighted by Crippen LogP contribution is 2.25. The first-order valence-corrected chi connectivity index (χ1v) is 5.97. The van der Waals surface area contributed by atoms with Gasteiger partial charge in [-0.05, 0) is 18.6 Å². The number of hydrogen-bond donors (Lipinski definition) is 1. The van der Waals surface area contributed by atoms with Crippen molar-refractivity contribution in [1.82, 2.24) is 9.97 Å². The van der Waals surface area contributed by atoms with E-state index in [0.717, 1.165) is 11.3 Å². The number of nitrogens with one attached hydrogen (secondary N) is 1. The minimum Gasteiger partial charge on any atom is -0.481 e. The van der Waals surface area contributed by atoms with Crippen LogP contribution in [0.3, 0.4) is 0 Å². The largest absolute Gasteiger partial charge is 0.481 e. The van der Waals surface area contributed by atoms with Crippen LogP contribution in [0.15, 0.2) is 30.6 Å². The summed E-state index contributed by atoms with van der Waals surface area (Å²) in [5, 5.41) is 3.34. The summed E-state index contributed by atoms with van der Waals surface area (Å²) >= 11 is 0. The molecule has 0 amide bonds. The quantitative estimate of drug-likeness (QED) is 0.893. The Bertz CT molecular complexity index is 536. The number of aromatic nitrogens is 2. The summed E-state index contributed by atoms with van der Waals surface area (Å²) < 4.78 is 10.5. The summed E-state index contributed by atoms with van der Waals surface area (Å²) in [5.41, 5.74) is 3.04. The number of hydrogen-bond acceptors (Lipinski definition) is 5. The first-order chi connectivity index (χ1) is 9.26. The van der Waals surface area contributed by atoms with Gasteiger partial charge in [-0.2, -0.15) is 0 Å². The van der Waals surface area contributed by atoms with Gasteiger partial charge in [-0.25, -0.2) is 9.97 Å². The predicted molar refractivity (Wildman–Crippen MR) is 73.6 cm³/mol. The van der Waals surface area contributed by atoms with Gasteiger partial charge < -0.3 is 14.8 Å². The summed E-state index contributed by atoms with van der Waals surface area (Å²) in [4.78, 5) is 8.17. The highest BCUT2D eigenvalue weighted by molar-refractivity contribution is 5.51. The molecule has 0 saturated carbocycles. The molecule has 0 spiro atoms. The summed E-state index contributed by atoms with van der Waals surface area (Å²) in [6.07, 6.45) is 1.43. The molecule has 0 saturated heterocycles. The topological polar surface area (TPSA) is 56.3 Å². The minimum atomic E-state index is 0.521. The van der Waals surface area contributed by atoms with E-state index < -0.39 is 0 Å². The number of benzene rings is 1. The zero-order valence-electron chi connectivity index (χ0n) is 11.3. The molecule has 19 heavy (non-hydrogen) atoms. The smallest absolute Gasteiger partial charge is 0.225 e. The molecule has 0 aliphatic carbocycles. The Labute approximate surface area is 112 Å². The first kappa shape index (κ1) is 13.1. The third kappa shape index (κ3) is 2.93. The molecule has 2 aromatic rings. The van der Waals surface area contributed by atoms with E-state index in [4.69, 9.17) is 9.47 Å². The monoisotopic (exact) mass is 259 g/mol. The number of rotatable bonds is 5. The van der Waals surface area contributed by atoms with E-state index in [2.05, 4.69) is 28.3 Å². The summed E-state index contributed by atoms with van der Waals surface area (Å²) in [7, 11) is 3.16. The van der Waals surface area contributed by atoms with Crippen molar-refractivity contribution in [2.24, 2.45) is 0 Å². The number of nitrogens with zero attached hydrogens (tertiary/aromatic N) is 2. The van der Waals surface area contributed by atoms with E-state index in [-0.39, 0.29) is 0 Å². The van der Waals surface area contributed by atoms with Crippen molar-refractivity contribution >= 4 is 5.69 Å². The van der Waals surface area contributed by atoms with Crippen molar-refractivity contribution < 1.29 is 9.47 Å². The molecule has 1 N–H and O–H groups in total. The molecular formula is C14H17N3O2. The molecule has 0 atom stereocenters. The Morgan fingerprint density at radius 1 is 1.05 bits per heavy atom. The Hall–Kier alpha value is -2.30. The second kappa shape index (κ2) is 6.04. The van der Waals surface area contributed by atoms with Crippen LogP contribution in [-0.2, 0) is 6.54 Å². The van der Waals surface area contributed by atoms with Gasteiger partial charge in [-0.1, -0.05) is 18.2 Å². The van der Waals surface area contributed by atoms with E-state index >= 15 is 0 Å². The minimum absolute atomic E-state index is 0.521. The maximum absolute atomic E-state index is 5.24. The van der Waals surface area contributed by atoms with Crippen molar-refractivity contribution in [3.05, 3.63) is 41.7 Å². The van der Waals surface area contributed by atoms with Gasteiger partial charge in [0.05, 0.1) is 26.3 Å². The van der Waals surface area contributed by atoms with E-state index in [1.165, 1.54) is 11.9 Å². The molecule has 1 aromatic carbocycles. The molecule has 0 radical (unpaired) electrons. The van der Waals surface area contributed by atoms with Gasteiger partial charge in [-0.15, -0.1) is 0 Å². The van der Waals surface area contributed by atoms with Crippen molar-refractivity contribution in [3.63, 3.8) is 0 Å². The SMILES string of the molecule is COc1ncnc(OC)c1CNc1ccccc1C. The van der Waals surface area contributed by atoms with Gasteiger partial charge in [0.25, 0.3) is 0 Å². The van der Waals surface area contributed by atoms with Crippen LogP contribution in [0.25, 0.3) is 0 Å². The average Bonchev–Trinajstić information content (AvgIpc) is 2.46. The maximum Gasteiger partial charge on any atom is 0.225 e. The highest BCUT2D eigenvalue weighted by atomic mass is 16.5. The van der Waals surface area contributed by atoms with Gasteiger partial charge >= 0.3 is 0 Å². The Kier molecular flexibility index (Phi) is 4.18. The Morgan fingerprint density at radius 2 is 1.68 bits per heavy atom. The normalized spacial score (nSPS) is 10.1. The van der Waals surface area contributed by atoms with Gasteiger partial charge in [0.2, 0.25) is 11.8 Å². The van der Waals surface area contributed by atoms with Crippen LogP contribution in [-0.4, -0.2) is 24.2 Å². The molecule has 2 rings (SSSR count). The van der Waals surface area contributed by atoms with Crippen molar-refractivity contribution in [3.8, 4) is 11.8 Å². The summed E-state index contributed by atoms with van der Waals surface area (Å²) in [6.45, 7) is 2.59. The van der Waals surface area contributed by atoms with Gasteiger partial charge in [0.1, 0.15) is 6.33 Å². The molecule has 0 bridgehead atoms. The fourth-order valence-electron chi connectivity index (χ4n) is 1.84. The van der Waals surface area contributed by atoms with E-state index in [1.807, 2.05) is 18.2 Å². The lowest BCUT2D eigenvalue weighted by molar-refractivity contribution is 0.363. The van der Waals surface area contributed by atoms with Gasteiger partial charge in [0, 0.05) is 5.69 Å². The molecule has 100 valence electrons. The zero-order valence-corrected chi connectivity index (χ0v) is 11.3. The van der Waals surface area contributed by atoms with E-state index in [0.29, 0.717) is 18.3 Å². The molecule has 0 aliphatic rings. The average molecular weight is 259 g/mol. The molecule has 0 unspecified atom stereocenters. The zero-order chi connectivity index (χ0) is 13.7. The second-order valence-corrected chi connectivity index (χ2v) is 4.04. The standard InChI is InChI=1S/C14H17N3O2/c1-10-6-4-5-7-12(10)15-8-11-13(18-2)16-9-17-14(11)19-3/h4-7,9,15H,8H2,1-3H3. The van der Waals surface area contributed by atoms with Crippen LogP contribution in [0.4, 0.5) is 5.69 Å². The van der Waals surface area contributed by atoms with Crippen LogP contribution in [0.1, 0.15) is 11.1 Å². The summed E-state index contributed by atoms with van der Waals surface area (Å²) in [5.74, 6) is 1.04. The molecule has 1 aromatic heterocycles. The van der Waals surface area contributed by atoms with Gasteiger partial charge in [0.15, 0.2) is 0 Å². The lowest BCUT2D eigenvalue weighted by Gasteiger charge is -2.13. The van der Waals surface area contributed by atoms with Crippen molar-refractivity contribution in [1.29, 1.82) is 0 Å². The number of aryl methyl sites for hydroxylation is 1. The number of methoxy groups -OCH3 is 2. The molecule has 0 aliphatic heterocycles. The number of ether oxygens (including phenoxy) is 2. The van der Waals surface area contributed by atoms with Crippen molar-refractivity contribution in [2.45, 2.75) is 13.5 Å². The first-order valence-electron chi connectivity index (χ1n) is 5.97. The van der Waals surface area contributed by atoms with E-state index in [1.54, 1.807) is 14.2 Å². The number of para-hydroxylation sites is 1. The van der Waals surface area contributed by atoms with Crippen LogP contribution in [0.2, 0.25) is 0 Å². The summed E-state index contributed by atoms with van der Waals surface area (Å²) in [6, 6.07) is 8.08. The highest BCUT2D eigenvalue weighted by Gasteiger charge is 2.12. The Balaban J connectivity index is 2.21. The molecule has 5 nitrogen and oxygen atoms in total. The fourth-order valence-corrected chi connectivity index (χ4v) is 1.84. The third-order valence-corrected chi connectivity index (χ3v) is 2.85. The van der Waals surface area contributed by atoms with E-state index in [9.17, 15) is 0 Å². The Morgan fingerprint density at radius 3 is 2.26 bits per heavy atom. The molecule has 5 heteroatoms. The van der Waals surface area contributed by atoms with Crippen LogP contribution in [0, 0.1) is 6.92 Å². The lowest BCUT2D eigenvalue weighted by atomic mass is 10.2. The number of anilines is 1. The lowest BCUT2D eigenvalue weighted by Crippen LogP contribution is -2.07. The van der Waals surface area contributed by atoms with Crippen molar-refractivity contribution in [2.75, 3.05) is 19.5 Å². The molecular weight excluding hydrogens is 242 g/mol. The second-order valence-electron chi connectivity index (χ2n) is 4.04. The molecule has 0 fully saturated rings. The maximum atomic E-state index is 5.24. The fraction of sp³-hybridized carbons (Fsp3) is 0.286. The third-order valence-electron chi connectivity index (χ3n) is 2.85. The van der Waals surface area contributed by atoms with Gasteiger partial charge in [-0.3, -0.25) is 0 Å².